The minimum Gasteiger partial charge on any atom is -0.462 e. The summed E-state index contributed by atoms with van der Waals surface area (Å²) in [6.45, 7) is 8.83. The highest BCUT2D eigenvalue weighted by Gasteiger charge is 2.93. The van der Waals surface area contributed by atoms with E-state index in [1.807, 2.05) is 6.92 Å². The van der Waals surface area contributed by atoms with Gasteiger partial charge in [0.1, 0.15) is 35.6 Å². The third-order valence-corrected chi connectivity index (χ3v) is 6.68. The van der Waals surface area contributed by atoms with Crippen molar-refractivity contribution in [1.29, 1.82) is 0 Å². The van der Waals surface area contributed by atoms with Crippen LogP contribution in [0.1, 0.15) is 27.2 Å². The lowest BCUT2D eigenvalue weighted by molar-refractivity contribution is -0.152. The van der Waals surface area contributed by atoms with Gasteiger partial charge in [0.2, 0.25) is 0 Å². The highest BCUT2D eigenvalue weighted by molar-refractivity contribution is 5.91. The standard InChI is InChI=1S/C17H20O7/c1-6-9-8(21-7(2)18)5-15(3,20)17-11(10(9)22-14(6)19)16(4)12(23-16)13(17)24-17/h8-13,20H,1,5H2,2-4H3/t8-,9?,10?,11?,12-,13+,15+,16+,17-/m0/s1. The van der Waals surface area contributed by atoms with Crippen LogP contribution >= 0.6 is 0 Å². The van der Waals surface area contributed by atoms with E-state index in [1.54, 1.807) is 6.92 Å². The average molecular weight is 336 g/mol. The van der Waals surface area contributed by atoms with E-state index in [-0.39, 0.29) is 30.1 Å². The Morgan fingerprint density at radius 3 is 2.71 bits per heavy atom. The Hall–Kier alpha value is -1.44. The molecule has 5 rings (SSSR count). The lowest BCUT2D eigenvalue weighted by atomic mass is 9.74. The maximum atomic E-state index is 12.2. The zero-order valence-corrected chi connectivity index (χ0v) is 13.8. The highest BCUT2D eigenvalue weighted by atomic mass is 16.7. The number of rotatable bonds is 1. The predicted octanol–water partition coefficient (Wildman–Crippen LogP) is 0.0955. The van der Waals surface area contributed by atoms with Gasteiger partial charge in [0.25, 0.3) is 0 Å². The van der Waals surface area contributed by atoms with E-state index in [2.05, 4.69) is 6.58 Å². The second kappa shape index (κ2) is 3.86. The number of esters is 2. The fourth-order valence-electron chi connectivity index (χ4n) is 5.65. The van der Waals surface area contributed by atoms with E-state index in [0.717, 1.165) is 0 Å². The van der Waals surface area contributed by atoms with Crippen LogP contribution in [0.4, 0.5) is 0 Å². The van der Waals surface area contributed by atoms with Gasteiger partial charge in [-0.05, 0) is 13.8 Å². The van der Waals surface area contributed by atoms with Gasteiger partial charge >= 0.3 is 11.9 Å². The van der Waals surface area contributed by atoms with Crippen molar-refractivity contribution in [3.8, 4) is 0 Å². The summed E-state index contributed by atoms with van der Waals surface area (Å²) in [7, 11) is 0. The van der Waals surface area contributed by atoms with E-state index in [1.165, 1.54) is 6.92 Å². The third-order valence-electron chi connectivity index (χ3n) is 6.68. The molecule has 2 saturated carbocycles. The van der Waals surface area contributed by atoms with Gasteiger partial charge in [-0.3, -0.25) is 4.79 Å². The van der Waals surface area contributed by atoms with Crippen molar-refractivity contribution >= 4 is 11.9 Å². The molecule has 0 radical (unpaired) electrons. The topological polar surface area (TPSA) is 97.9 Å². The van der Waals surface area contributed by atoms with Gasteiger partial charge < -0.3 is 24.1 Å². The first-order valence-corrected chi connectivity index (χ1v) is 8.28. The molecule has 0 amide bonds. The van der Waals surface area contributed by atoms with E-state index in [4.69, 9.17) is 18.9 Å². The maximum Gasteiger partial charge on any atom is 0.334 e. The Balaban J connectivity index is 1.65. The molecule has 0 aromatic heterocycles. The summed E-state index contributed by atoms with van der Waals surface area (Å²) in [5, 5.41) is 11.2. The van der Waals surface area contributed by atoms with Crippen molar-refractivity contribution in [2.75, 3.05) is 0 Å². The zero-order chi connectivity index (χ0) is 17.2. The fraction of sp³-hybridized carbons (Fsp3) is 0.765. The van der Waals surface area contributed by atoms with Crippen LogP contribution in [0.2, 0.25) is 0 Å². The predicted molar refractivity (Wildman–Crippen MR) is 77.7 cm³/mol. The van der Waals surface area contributed by atoms with Crippen LogP contribution in [-0.2, 0) is 28.5 Å². The molecule has 5 aliphatic rings. The first-order valence-electron chi connectivity index (χ1n) is 8.28. The van der Waals surface area contributed by atoms with Crippen molar-refractivity contribution in [2.24, 2.45) is 11.8 Å². The summed E-state index contributed by atoms with van der Waals surface area (Å²) >= 11 is 0. The third kappa shape index (κ3) is 1.41. The summed E-state index contributed by atoms with van der Waals surface area (Å²) in [4.78, 5) is 23.7. The smallest absolute Gasteiger partial charge is 0.334 e. The van der Waals surface area contributed by atoms with Gasteiger partial charge in [0.05, 0.1) is 17.4 Å². The number of hydrogen-bond donors (Lipinski definition) is 1. The van der Waals surface area contributed by atoms with Crippen molar-refractivity contribution in [3.63, 3.8) is 0 Å². The number of carbonyl (C=O) groups excluding carboxylic acids is 2. The molecule has 1 spiro atoms. The Bertz CT molecular complexity index is 699. The molecular weight excluding hydrogens is 316 g/mol. The Morgan fingerprint density at radius 2 is 2.04 bits per heavy atom. The molecule has 3 heterocycles. The Morgan fingerprint density at radius 1 is 1.33 bits per heavy atom. The summed E-state index contributed by atoms with van der Waals surface area (Å²) in [6, 6.07) is 0. The summed E-state index contributed by atoms with van der Waals surface area (Å²) in [5.41, 5.74) is -2.26. The number of carbonyl (C=O) groups is 2. The van der Waals surface area contributed by atoms with Crippen LogP contribution in [0, 0.1) is 11.8 Å². The van der Waals surface area contributed by atoms with Crippen molar-refractivity contribution in [2.45, 2.75) is 68.4 Å². The van der Waals surface area contributed by atoms with E-state index < -0.39 is 46.9 Å². The van der Waals surface area contributed by atoms with E-state index in [9.17, 15) is 14.7 Å². The summed E-state index contributed by atoms with van der Waals surface area (Å²) < 4.78 is 22.9. The van der Waals surface area contributed by atoms with Crippen molar-refractivity contribution < 1.29 is 33.6 Å². The van der Waals surface area contributed by atoms with Crippen LogP contribution in [0.15, 0.2) is 12.2 Å². The second-order valence-electron chi connectivity index (χ2n) is 8.08. The van der Waals surface area contributed by atoms with Gasteiger partial charge in [0, 0.05) is 18.9 Å². The monoisotopic (exact) mass is 336 g/mol. The number of epoxide rings is 2. The van der Waals surface area contributed by atoms with Crippen molar-refractivity contribution in [3.05, 3.63) is 12.2 Å². The quantitative estimate of drug-likeness (QED) is 0.412. The van der Waals surface area contributed by atoms with Crippen LogP contribution in [-0.4, -0.2) is 58.3 Å². The molecule has 7 nitrogen and oxygen atoms in total. The van der Waals surface area contributed by atoms with Crippen LogP contribution in [0.5, 0.6) is 0 Å². The summed E-state index contributed by atoms with van der Waals surface area (Å²) in [6.07, 6.45) is -1.41. The van der Waals surface area contributed by atoms with Gasteiger partial charge in [-0.2, -0.15) is 0 Å². The minimum absolute atomic E-state index is 0.0903. The lowest BCUT2D eigenvalue weighted by Crippen LogP contribution is -2.53. The molecule has 3 unspecified atom stereocenters. The maximum absolute atomic E-state index is 12.2. The first-order chi connectivity index (χ1) is 11.1. The van der Waals surface area contributed by atoms with Gasteiger partial charge in [-0.15, -0.1) is 0 Å². The molecule has 7 heteroatoms. The van der Waals surface area contributed by atoms with E-state index in [0.29, 0.717) is 0 Å². The normalized spacial score (nSPS) is 59.5. The molecule has 130 valence electrons. The van der Waals surface area contributed by atoms with Crippen LogP contribution in [0.25, 0.3) is 0 Å². The molecule has 0 aromatic carbocycles. The molecule has 9 atom stereocenters. The number of ether oxygens (including phenoxy) is 4. The molecule has 2 aliphatic carbocycles. The van der Waals surface area contributed by atoms with Gasteiger partial charge in [-0.1, -0.05) is 6.58 Å². The van der Waals surface area contributed by atoms with Crippen molar-refractivity contribution in [1.82, 2.24) is 0 Å². The molecule has 0 bridgehead atoms. The molecule has 0 aromatic rings. The molecule has 24 heavy (non-hydrogen) atoms. The van der Waals surface area contributed by atoms with Crippen LogP contribution in [0.3, 0.4) is 0 Å². The fourth-order valence-corrected chi connectivity index (χ4v) is 5.65. The number of aliphatic hydroxyl groups is 1. The van der Waals surface area contributed by atoms with E-state index >= 15 is 0 Å². The highest BCUT2D eigenvalue weighted by Crippen LogP contribution is 2.75. The zero-order valence-electron chi connectivity index (χ0n) is 13.8. The number of fused-ring (bicyclic) bond motifs is 5. The summed E-state index contributed by atoms with van der Waals surface area (Å²) in [5.74, 6) is -1.76. The lowest BCUT2D eigenvalue weighted by Gasteiger charge is -2.36. The largest absolute Gasteiger partial charge is 0.462 e. The first kappa shape index (κ1) is 14.9. The second-order valence-corrected chi connectivity index (χ2v) is 8.08. The Kier molecular flexibility index (Phi) is 2.39. The van der Waals surface area contributed by atoms with Crippen LogP contribution < -0.4 is 0 Å². The SMILES string of the molecule is C=C1C(=O)OC2C1[C@@H](OC(C)=O)C[C@@](C)(O)[C@@]13O[C@@H]1[C@@H]1O[C@]1(C)C23. The molecule has 3 saturated heterocycles. The molecule has 5 fully saturated rings. The van der Waals surface area contributed by atoms with Gasteiger partial charge in [0.15, 0.2) is 0 Å². The van der Waals surface area contributed by atoms with Gasteiger partial charge in [-0.25, -0.2) is 4.79 Å². The molecular formula is C17H20O7. The molecule has 1 N–H and O–H groups in total. The average Bonchev–Trinajstić information content (AvgIpc) is 3.29. The molecule has 3 aliphatic heterocycles. The Labute approximate surface area is 138 Å². The minimum atomic E-state index is -1.22. The number of hydrogen-bond acceptors (Lipinski definition) is 7.